The standard InChI is InChI=1S/C19H20N2O5/c1-4-25-12-7-5-11(6-8-12)14-15-13(9-10(2)21-18(15)22)26-17(20)16(14)19(23)24-3/h5-9,14H,4,20H2,1-3H3,(H,21,22). The van der Waals surface area contributed by atoms with E-state index in [1.807, 2.05) is 6.92 Å². The molecule has 0 aliphatic carbocycles. The zero-order valence-electron chi connectivity index (χ0n) is 14.8. The lowest BCUT2D eigenvalue weighted by atomic mass is 9.83. The number of methoxy groups -OCH3 is 1. The smallest absolute Gasteiger partial charge is 0.340 e. The third-order valence-electron chi connectivity index (χ3n) is 4.16. The highest BCUT2D eigenvalue weighted by Gasteiger charge is 2.37. The van der Waals surface area contributed by atoms with Crippen molar-refractivity contribution in [2.45, 2.75) is 19.8 Å². The van der Waals surface area contributed by atoms with E-state index in [1.54, 1.807) is 37.3 Å². The summed E-state index contributed by atoms with van der Waals surface area (Å²) < 4.78 is 15.9. The normalized spacial score (nSPS) is 15.9. The first-order valence-electron chi connectivity index (χ1n) is 8.18. The van der Waals surface area contributed by atoms with Gasteiger partial charge in [-0.1, -0.05) is 12.1 Å². The van der Waals surface area contributed by atoms with Gasteiger partial charge in [-0.15, -0.1) is 0 Å². The molecule has 1 atom stereocenters. The number of ether oxygens (including phenoxy) is 3. The maximum absolute atomic E-state index is 12.6. The Balaban J connectivity index is 2.21. The molecule has 7 nitrogen and oxygen atoms in total. The molecule has 1 aliphatic heterocycles. The molecular weight excluding hydrogens is 336 g/mol. The van der Waals surface area contributed by atoms with Crippen LogP contribution in [-0.2, 0) is 9.53 Å². The van der Waals surface area contributed by atoms with Crippen LogP contribution >= 0.6 is 0 Å². The quantitative estimate of drug-likeness (QED) is 0.812. The number of aryl methyl sites for hydroxylation is 1. The molecule has 0 spiro atoms. The average Bonchev–Trinajstić information content (AvgIpc) is 2.60. The van der Waals surface area contributed by atoms with E-state index in [4.69, 9.17) is 19.9 Å². The highest BCUT2D eigenvalue weighted by atomic mass is 16.5. The second-order valence-corrected chi connectivity index (χ2v) is 5.87. The summed E-state index contributed by atoms with van der Waals surface area (Å²) >= 11 is 0. The summed E-state index contributed by atoms with van der Waals surface area (Å²) in [6.45, 7) is 4.18. The van der Waals surface area contributed by atoms with Crippen molar-refractivity contribution in [1.29, 1.82) is 0 Å². The molecule has 1 aromatic heterocycles. The van der Waals surface area contributed by atoms with Crippen LogP contribution in [0.25, 0.3) is 0 Å². The Bertz CT molecular complexity index is 928. The summed E-state index contributed by atoms with van der Waals surface area (Å²) in [6, 6.07) is 8.82. The first-order chi connectivity index (χ1) is 12.5. The Hall–Kier alpha value is -3.22. The van der Waals surface area contributed by atoms with Gasteiger partial charge in [0.2, 0.25) is 5.88 Å². The molecule has 1 unspecified atom stereocenters. The van der Waals surface area contributed by atoms with E-state index in [1.165, 1.54) is 7.11 Å². The van der Waals surface area contributed by atoms with Crippen LogP contribution < -0.4 is 20.8 Å². The van der Waals surface area contributed by atoms with Crippen LogP contribution in [-0.4, -0.2) is 24.7 Å². The molecule has 2 heterocycles. The van der Waals surface area contributed by atoms with E-state index in [2.05, 4.69) is 4.98 Å². The lowest BCUT2D eigenvalue weighted by molar-refractivity contribution is -0.136. The van der Waals surface area contributed by atoms with Crippen molar-refractivity contribution in [1.82, 2.24) is 4.98 Å². The largest absolute Gasteiger partial charge is 0.494 e. The molecule has 0 bridgehead atoms. The summed E-state index contributed by atoms with van der Waals surface area (Å²) in [6.07, 6.45) is 0. The molecular formula is C19H20N2O5. The number of aromatic nitrogens is 1. The molecule has 2 aromatic rings. The number of hydrogen-bond donors (Lipinski definition) is 2. The van der Waals surface area contributed by atoms with E-state index in [0.717, 1.165) is 0 Å². The minimum absolute atomic E-state index is 0.0757. The molecule has 0 radical (unpaired) electrons. The van der Waals surface area contributed by atoms with Crippen molar-refractivity contribution in [2.75, 3.05) is 13.7 Å². The minimum Gasteiger partial charge on any atom is -0.494 e. The maximum atomic E-state index is 12.6. The first-order valence-corrected chi connectivity index (χ1v) is 8.18. The number of aromatic amines is 1. The fraction of sp³-hybridized carbons (Fsp3) is 0.263. The van der Waals surface area contributed by atoms with E-state index in [-0.39, 0.29) is 17.0 Å². The van der Waals surface area contributed by atoms with Crippen LogP contribution in [0.5, 0.6) is 11.5 Å². The van der Waals surface area contributed by atoms with Crippen molar-refractivity contribution >= 4 is 5.97 Å². The number of hydrogen-bond acceptors (Lipinski definition) is 6. The molecule has 3 N–H and O–H groups in total. The highest BCUT2D eigenvalue weighted by Crippen LogP contribution is 2.41. The minimum atomic E-state index is -0.703. The summed E-state index contributed by atoms with van der Waals surface area (Å²) in [5.74, 6) is -0.403. The van der Waals surface area contributed by atoms with E-state index < -0.39 is 11.9 Å². The van der Waals surface area contributed by atoms with Gasteiger partial charge in [-0.25, -0.2) is 4.79 Å². The molecule has 1 aliphatic rings. The molecule has 136 valence electrons. The number of esters is 1. The predicted molar refractivity (Wildman–Crippen MR) is 95.1 cm³/mol. The number of carbonyl (C=O) groups is 1. The molecule has 7 heteroatoms. The average molecular weight is 356 g/mol. The number of pyridine rings is 1. The lowest BCUT2D eigenvalue weighted by Crippen LogP contribution is -2.31. The molecule has 26 heavy (non-hydrogen) atoms. The fourth-order valence-corrected chi connectivity index (χ4v) is 3.07. The third-order valence-corrected chi connectivity index (χ3v) is 4.16. The van der Waals surface area contributed by atoms with Gasteiger partial charge in [-0.2, -0.15) is 0 Å². The van der Waals surface area contributed by atoms with Gasteiger partial charge in [0.25, 0.3) is 5.56 Å². The van der Waals surface area contributed by atoms with Crippen LogP contribution in [0.15, 0.2) is 46.6 Å². The zero-order valence-corrected chi connectivity index (χ0v) is 14.8. The van der Waals surface area contributed by atoms with Gasteiger partial charge >= 0.3 is 5.97 Å². The van der Waals surface area contributed by atoms with E-state index >= 15 is 0 Å². The number of nitrogens with one attached hydrogen (secondary N) is 1. The topological polar surface area (TPSA) is 104 Å². The number of carbonyl (C=O) groups excluding carboxylic acids is 1. The van der Waals surface area contributed by atoms with Crippen LogP contribution in [0, 0.1) is 6.92 Å². The Morgan fingerprint density at radius 1 is 1.31 bits per heavy atom. The fourth-order valence-electron chi connectivity index (χ4n) is 3.07. The second-order valence-electron chi connectivity index (χ2n) is 5.87. The van der Waals surface area contributed by atoms with E-state index in [0.29, 0.717) is 34.9 Å². The molecule has 3 rings (SSSR count). The molecule has 1 aromatic carbocycles. The van der Waals surface area contributed by atoms with Gasteiger partial charge in [-0.05, 0) is 31.5 Å². The maximum Gasteiger partial charge on any atom is 0.340 e. The Kier molecular flexibility index (Phi) is 4.71. The number of nitrogens with two attached hydrogens (primary N) is 1. The predicted octanol–water partition coefficient (Wildman–Crippen LogP) is 1.95. The van der Waals surface area contributed by atoms with Gasteiger partial charge in [-0.3, -0.25) is 4.79 Å². The summed E-state index contributed by atoms with van der Waals surface area (Å²) in [5.41, 5.74) is 7.40. The monoisotopic (exact) mass is 356 g/mol. The highest BCUT2D eigenvalue weighted by molar-refractivity contribution is 5.92. The molecule has 0 saturated heterocycles. The van der Waals surface area contributed by atoms with Crippen molar-refractivity contribution in [2.24, 2.45) is 5.73 Å². The van der Waals surface area contributed by atoms with Gasteiger partial charge in [0.1, 0.15) is 17.1 Å². The number of H-pyrrole nitrogens is 1. The number of rotatable bonds is 4. The summed E-state index contributed by atoms with van der Waals surface area (Å²) in [7, 11) is 1.26. The molecule has 0 fully saturated rings. The summed E-state index contributed by atoms with van der Waals surface area (Å²) in [4.78, 5) is 27.7. The van der Waals surface area contributed by atoms with Crippen molar-refractivity contribution in [3.8, 4) is 11.5 Å². The second kappa shape index (κ2) is 6.95. The first kappa shape index (κ1) is 17.6. The number of fused-ring (bicyclic) bond motifs is 1. The summed E-state index contributed by atoms with van der Waals surface area (Å²) in [5, 5.41) is 0. The Labute approximate surface area is 150 Å². The third kappa shape index (κ3) is 3.03. The van der Waals surface area contributed by atoms with Gasteiger partial charge < -0.3 is 24.9 Å². The molecule has 0 saturated carbocycles. The van der Waals surface area contributed by atoms with Crippen LogP contribution in [0.3, 0.4) is 0 Å². The van der Waals surface area contributed by atoms with Gasteiger partial charge in [0, 0.05) is 11.8 Å². The van der Waals surface area contributed by atoms with Gasteiger partial charge in [0.05, 0.1) is 25.2 Å². The SMILES string of the molecule is CCOc1ccc(C2C(C(=O)OC)=C(N)Oc3cc(C)[nH]c(=O)c32)cc1. The lowest BCUT2D eigenvalue weighted by Gasteiger charge is -2.27. The molecule has 0 amide bonds. The van der Waals surface area contributed by atoms with Crippen molar-refractivity contribution in [3.05, 3.63) is 69.0 Å². The van der Waals surface area contributed by atoms with E-state index in [9.17, 15) is 9.59 Å². The van der Waals surface area contributed by atoms with Crippen LogP contribution in [0.4, 0.5) is 0 Å². The zero-order chi connectivity index (χ0) is 18.8. The van der Waals surface area contributed by atoms with Crippen molar-refractivity contribution < 1.29 is 19.0 Å². The van der Waals surface area contributed by atoms with Crippen molar-refractivity contribution in [3.63, 3.8) is 0 Å². The Morgan fingerprint density at radius 3 is 2.62 bits per heavy atom. The Morgan fingerprint density at radius 2 is 2.00 bits per heavy atom. The van der Waals surface area contributed by atoms with Crippen LogP contribution in [0.1, 0.15) is 29.7 Å². The van der Waals surface area contributed by atoms with Gasteiger partial charge in [0.15, 0.2) is 0 Å². The number of benzene rings is 1. The van der Waals surface area contributed by atoms with Crippen LogP contribution in [0.2, 0.25) is 0 Å².